The van der Waals surface area contributed by atoms with Crippen molar-refractivity contribution in [1.82, 2.24) is 35.6 Å². The molecule has 3 N–H and O–H groups in total. The summed E-state index contributed by atoms with van der Waals surface area (Å²) in [4.78, 5) is 15.3. The Morgan fingerprint density at radius 3 is 2.58 bits per heavy atom. The molecule has 1 aromatic carbocycles. The summed E-state index contributed by atoms with van der Waals surface area (Å²) in [7, 11) is 4.56. The molecule has 4 rings (SSSR count). The van der Waals surface area contributed by atoms with Crippen LogP contribution in [0, 0.1) is 0 Å². The molecule has 0 aliphatic carbocycles. The number of nitrogens with one attached hydrogen (secondary N) is 1. The number of rotatable bonds is 9. The smallest absolute Gasteiger partial charge is 0.293 e. The molecule has 1 aliphatic heterocycles. The van der Waals surface area contributed by atoms with Gasteiger partial charge in [-0.3, -0.25) is 9.69 Å². The van der Waals surface area contributed by atoms with Crippen molar-refractivity contribution in [3.05, 3.63) is 29.1 Å². The van der Waals surface area contributed by atoms with Crippen LogP contribution < -0.4 is 25.4 Å². The number of methoxy groups -OCH3 is 3. The van der Waals surface area contributed by atoms with Crippen LogP contribution >= 0.6 is 0 Å². The second-order valence-electron chi connectivity index (χ2n) is 8.24. The fraction of sp³-hybridized carbons (Fsp3) is 0.455. The van der Waals surface area contributed by atoms with E-state index >= 15 is 0 Å². The number of nitrogens with zero attached hydrogens (tertiary/aromatic N) is 7. The predicted octanol–water partition coefficient (Wildman–Crippen LogP) is 1.40. The van der Waals surface area contributed by atoms with E-state index in [1.165, 1.54) is 38.6 Å². The molecule has 1 unspecified atom stereocenters. The molecule has 3 heterocycles. The lowest BCUT2D eigenvalue weighted by atomic mass is 10.0. The van der Waals surface area contributed by atoms with Crippen LogP contribution in [0.15, 0.2) is 21.9 Å². The normalized spacial score (nSPS) is 16.3. The molecule has 1 saturated heterocycles. The number of nitrogen functional groups attached to an aromatic ring is 1. The summed E-state index contributed by atoms with van der Waals surface area (Å²) in [5, 5.41) is 19.7. The van der Waals surface area contributed by atoms with Gasteiger partial charge in [-0.2, -0.15) is 9.78 Å². The second-order valence-corrected chi connectivity index (χ2v) is 8.24. The molecule has 0 bridgehead atoms. The third-order valence-corrected chi connectivity index (χ3v) is 6.03. The van der Waals surface area contributed by atoms with Crippen molar-refractivity contribution in [3.8, 4) is 23.1 Å². The number of likely N-dealkylation sites (tertiary alicyclic amines) is 1. The molecular weight excluding hydrogens is 470 g/mol. The molecule has 1 aliphatic rings. The first-order chi connectivity index (χ1) is 17.5. The molecule has 192 valence electrons. The highest BCUT2D eigenvalue weighted by Gasteiger charge is 2.28. The maximum Gasteiger partial charge on any atom is 0.293 e. The molecule has 36 heavy (non-hydrogen) atoms. The van der Waals surface area contributed by atoms with Crippen molar-refractivity contribution < 1.29 is 23.6 Å². The summed E-state index contributed by atoms with van der Waals surface area (Å²) in [6.07, 6.45) is 4.76. The van der Waals surface area contributed by atoms with Crippen molar-refractivity contribution in [2.75, 3.05) is 33.6 Å². The minimum absolute atomic E-state index is 0.0419. The van der Waals surface area contributed by atoms with Crippen LogP contribution in [0.25, 0.3) is 5.82 Å². The highest BCUT2D eigenvalue weighted by molar-refractivity contribution is 5.94. The summed E-state index contributed by atoms with van der Waals surface area (Å²) < 4.78 is 22.1. The molecule has 0 saturated carbocycles. The first kappa shape index (κ1) is 24.9. The number of benzene rings is 1. The van der Waals surface area contributed by atoms with Crippen molar-refractivity contribution in [2.45, 2.75) is 38.8 Å². The van der Waals surface area contributed by atoms with E-state index in [2.05, 4.69) is 43.0 Å². The van der Waals surface area contributed by atoms with Gasteiger partial charge in [0, 0.05) is 18.2 Å². The van der Waals surface area contributed by atoms with Gasteiger partial charge in [0.25, 0.3) is 5.91 Å². The number of carbonyl (C=O) groups is 1. The fourth-order valence-electron chi connectivity index (χ4n) is 4.11. The molecule has 14 nitrogen and oxygen atoms in total. The number of hydrazone groups is 1. The van der Waals surface area contributed by atoms with Gasteiger partial charge in [-0.25, -0.2) is 10.1 Å². The van der Waals surface area contributed by atoms with Gasteiger partial charge in [0.15, 0.2) is 17.2 Å². The number of aromatic nitrogens is 5. The lowest BCUT2D eigenvalue weighted by Gasteiger charge is -2.33. The Bertz CT molecular complexity index is 1210. The Morgan fingerprint density at radius 1 is 1.22 bits per heavy atom. The largest absolute Gasteiger partial charge is 0.493 e. The van der Waals surface area contributed by atoms with Crippen molar-refractivity contribution in [2.24, 2.45) is 5.10 Å². The predicted molar refractivity (Wildman–Crippen MR) is 129 cm³/mol. The van der Waals surface area contributed by atoms with Crippen LogP contribution in [-0.4, -0.2) is 76.2 Å². The summed E-state index contributed by atoms with van der Waals surface area (Å²) in [6.45, 7) is 3.46. The van der Waals surface area contributed by atoms with Crippen LogP contribution in [0.3, 0.4) is 0 Å². The zero-order valence-electron chi connectivity index (χ0n) is 20.6. The Kier molecular flexibility index (Phi) is 7.63. The number of nitrogens with two attached hydrogens (primary N) is 1. The van der Waals surface area contributed by atoms with Gasteiger partial charge in [-0.1, -0.05) is 11.6 Å². The standard InChI is InChI=1S/C22H29N9O5/c1-13-7-5-6-8-30(13)12-15-18(25-29-31(15)21-20(23)27-36-28-21)22(32)26-24-11-14-9-16(33-2)19(35-4)17(10-14)34-3/h9-11,13H,5-8,12H2,1-4H3,(H2,23,27)(H,26,32)/b24-11-. The van der Waals surface area contributed by atoms with E-state index in [4.69, 9.17) is 24.6 Å². The van der Waals surface area contributed by atoms with Crippen LogP contribution in [0.4, 0.5) is 5.82 Å². The molecule has 1 amide bonds. The van der Waals surface area contributed by atoms with E-state index < -0.39 is 5.91 Å². The number of ether oxygens (including phenoxy) is 3. The SMILES string of the molecule is COc1cc(/C=N\NC(=O)c2nnn(-c3nonc3N)c2CN2CCCCC2C)cc(OC)c1OC. The van der Waals surface area contributed by atoms with E-state index in [0.717, 1.165) is 19.4 Å². The number of anilines is 1. The highest BCUT2D eigenvalue weighted by atomic mass is 16.6. The monoisotopic (exact) mass is 499 g/mol. The number of amides is 1. The maximum absolute atomic E-state index is 13.1. The van der Waals surface area contributed by atoms with Crippen molar-refractivity contribution >= 4 is 17.9 Å². The van der Waals surface area contributed by atoms with E-state index in [1.54, 1.807) is 12.1 Å². The number of piperidine rings is 1. The third kappa shape index (κ3) is 5.07. The van der Waals surface area contributed by atoms with Gasteiger partial charge in [0.2, 0.25) is 17.4 Å². The zero-order chi connectivity index (χ0) is 25.7. The van der Waals surface area contributed by atoms with Gasteiger partial charge < -0.3 is 19.9 Å². The maximum atomic E-state index is 13.1. The van der Waals surface area contributed by atoms with E-state index in [-0.39, 0.29) is 17.3 Å². The van der Waals surface area contributed by atoms with Gasteiger partial charge in [-0.15, -0.1) is 5.10 Å². The third-order valence-electron chi connectivity index (χ3n) is 6.03. The number of carbonyl (C=O) groups excluding carboxylic acids is 1. The average molecular weight is 500 g/mol. The zero-order valence-corrected chi connectivity index (χ0v) is 20.6. The summed E-state index contributed by atoms with van der Waals surface area (Å²) >= 11 is 0. The molecule has 14 heteroatoms. The lowest BCUT2D eigenvalue weighted by molar-refractivity contribution is 0.0945. The van der Waals surface area contributed by atoms with Crippen LogP contribution in [-0.2, 0) is 6.54 Å². The van der Waals surface area contributed by atoms with Crippen molar-refractivity contribution in [3.63, 3.8) is 0 Å². The van der Waals surface area contributed by atoms with Crippen molar-refractivity contribution in [1.29, 1.82) is 0 Å². The topological polar surface area (TPSA) is 168 Å². The average Bonchev–Trinajstić information content (AvgIpc) is 3.50. The summed E-state index contributed by atoms with van der Waals surface area (Å²) in [6, 6.07) is 3.75. The Labute approximate surface area is 207 Å². The molecule has 3 aromatic rings. The summed E-state index contributed by atoms with van der Waals surface area (Å²) in [5.41, 5.74) is 9.61. The Hall–Kier alpha value is -4.20. The first-order valence-corrected chi connectivity index (χ1v) is 11.4. The molecular formula is C22H29N9O5. The highest BCUT2D eigenvalue weighted by Crippen LogP contribution is 2.37. The van der Waals surface area contributed by atoms with E-state index in [9.17, 15) is 4.79 Å². The molecule has 0 spiro atoms. The van der Waals surface area contributed by atoms with E-state index in [1.807, 2.05) is 0 Å². The molecule has 0 radical (unpaired) electrons. The second kappa shape index (κ2) is 11.0. The van der Waals surface area contributed by atoms with Gasteiger partial charge in [0.05, 0.1) is 33.2 Å². The van der Waals surface area contributed by atoms with Crippen LogP contribution in [0.2, 0.25) is 0 Å². The number of hydrogen-bond donors (Lipinski definition) is 2. The quantitative estimate of drug-likeness (QED) is 0.322. The molecule has 1 atom stereocenters. The van der Waals surface area contributed by atoms with Gasteiger partial charge >= 0.3 is 0 Å². The van der Waals surface area contributed by atoms with Crippen LogP contribution in [0.1, 0.15) is 47.9 Å². The van der Waals surface area contributed by atoms with Crippen LogP contribution in [0.5, 0.6) is 17.2 Å². The minimum Gasteiger partial charge on any atom is -0.493 e. The van der Waals surface area contributed by atoms with Gasteiger partial charge in [0.1, 0.15) is 0 Å². The molecule has 2 aromatic heterocycles. The molecule has 1 fully saturated rings. The van der Waals surface area contributed by atoms with Gasteiger partial charge in [-0.05, 0) is 48.8 Å². The summed E-state index contributed by atoms with van der Waals surface area (Å²) in [5.74, 6) is 1.05. The Balaban J connectivity index is 1.59. The minimum atomic E-state index is -0.542. The van der Waals surface area contributed by atoms with E-state index in [0.29, 0.717) is 41.1 Å². The lowest BCUT2D eigenvalue weighted by Crippen LogP contribution is -2.38. The fourth-order valence-corrected chi connectivity index (χ4v) is 4.11. The number of hydrogen-bond acceptors (Lipinski definition) is 12. The Morgan fingerprint density at radius 2 is 1.97 bits per heavy atom. The first-order valence-electron chi connectivity index (χ1n) is 11.4.